The normalized spacial score (nSPS) is 16.6. The molecule has 5 nitrogen and oxygen atoms in total. The summed E-state index contributed by atoms with van der Waals surface area (Å²) in [6.07, 6.45) is 3.76. The average Bonchev–Trinajstić information content (AvgIpc) is 3.17. The maximum absolute atomic E-state index is 12.1. The Morgan fingerprint density at radius 1 is 1.11 bits per heavy atom. The molecule has 0 amide bonds. The molecule has 0 saturated carbocycles. The molecule has 0 unspecified atom stereocenters. The van der Waals surface area contributed by atoms with Gasteiger partial charge in [-0.15, -0.1) is 0 Å². The van der Waals surface area contributed by atoms with Gasteiger partial charge < -0.3 is 10.1 Å². The Hall–Kier alpha value is -2.15. The molecule has 4 rings (SSSR count). The van der Waals surface area contributed by atoms with Gasteiger partial charge in [0.1, 0.15) is 0 Å². The second-order valence-corrected chi connectivity index (χ2v) is 9.69. The lowest BCUT2D eigenvalue weighted by atomic mass is 9.89. The van der Waals surface area contributed by atoms with Crippen LogP contribution < -0.4 is 0 Å². The molecule has 3 aromatic rings. The van der Waals surface area contributed by atoms with E-state index in [-0.39, 0.29) is 12.4 Å². The number of nitrogens with one attached hydrogen (secondary N) is 1. The molecule has 0 spiro atoms. The first-order valence-corrected chi connectivity index (χ1v) is 11.4. The lowest BCUT2D eigenvalue weighted by Gasteiger charge is -2.30. The van der Waals surface area contributed by atoms with Crippen LogP contribution in [0.2, 0.25) is 0 Å². The van der Waals surface area contributed by atoms with Crippen LogP contribution in [-0.4, -0.2) is 41.7 Å². The van der Waals surface area contributed by atoms with Crippen LogP contribution in [0, 0.1) is 0 Å². The van der Waals surface area contributed by atoms with Crippen molar-refractivity contribution in [3.8, 4) is 11.1 Å². The molecular weight excluding hydrogens is 372 g/mol. The minimum atomic E-state index is -3.10. The summed E-state index contributed by atoms with van der Waals surface area (Å²) in [6.45, 7) is 2.91. The van der Waals surface area contributed by atoms with Crippen LogP contribution in [0.15, 0.2) is 48.7 Å². The third-order valence-electron chi connectivity index (χ3n) is 5.81. The van der Waals surface area contributed by atoms with Gasteiger partial charge in [0.2, 0.25) is 10.0 Å². The van der Waals surface area contributed by atoms with Crippen molar-refractivity contribution >= 4 is 20.9 Å². The first-order chi connectivity index (χ1) is 13.5. The lowest BCUT2D eigenvalue weighted by molar-refractivity contribution is 0.282. The van der Waals surface area contributed by atoms with Crippen molar-refractivity contribution in [3.63, 3.8) is 0 Å². The maximum atomic E-state index is 12.1. The Kier molecular flexibility index (Phi) is 5.27. The third-order valence-corrected chi connectivity index (χ3v) is 7.69. The van der Waals surface area contributed by atoms with Crippen molar-refractivity contribution < 1.29 is 13.5 Å². The fraction of sp³-hybridized carbons (Fsp3) is 0.364. The number of nitrogens with zero attached hydrogens (tertiary/aromatic N) is 1. The maximum Gasteiger partial charge on any atom is 0.213 e. The first kappa shape index (κ1) is 19.2. The number of piperidine rings is 1. The molecule has 0 bridgehead atoms. The van der Waals surface area contributed by atoms with Crippen LogP contribution in [0.25, 0.3) is 22.0 Å². The van der Waals surface area contributed by atoms with Crippen LogP contribution >= 0.6 is 0 Å². The molecule has 0 radical (unpaired) electrons. The quantitative estimate of drug-likeness (QED) is 0.685. The molecular formula is C22H26N2O3S. The minimum Gasteiger partial charge on any atom is -0.392 e. The van der Waals surface area contributed by atoms with E-state index >= 15 is 0 Å². The van der Waals surface area contributed by atoms with Crippen LogP contribution in [0.4, 0.5) is 0 Å². The predicted octanol–water partition coefficient (Wildman–Crippen LogP) is 3.86. The molecule has 2 N–H and O–H groups in total. The smallest absolute Gasteiger partial charge is 0.213 e. The highest BCUT2D eigenvalue weighted by molar-refractivity contribution is 7.89. The van der Waals surface area contributed by atoms with Gasteiger partial charge in [0.15, 0.2) is 0 Å². The molecule has 2 heterocycles. The van der Waals surface area contributed by atoms with E-state index in [0.29, 0.717) is 19.0 Å². The molecule has 1 aliphatic rings. The summed E-state index contributed by atoms with van der Waals surface area (Å²) in [7, 11) is -3.10. The Bertz CT molecular complexity index is 1080. The number of rotatable bonds is 5. The van der Waals surface area contributed by atoms with Gasteiger partial charge in [-0.2, -0.15) is 0 Å². The molecule has 28 heavy (non-hydrogen) atoms. The highest BCUT2D eigenvalue weighted by Gasteiger charge is 2.28. The van der Waals surface area contributed by atoms with Crippen molar-refractivity contribution in [2.24, 2.45) is 0 Å². The molecule has 1 saturated heterocycles. The zero-order chi connectivity index (χ0) is 19.7. The second kappa shape index (κ2) is 7.70. The fourth-order valence-electron chi connectivity index (χ4n) is 4.14. The van der Waals surface area contributed by atoms with Gasteiger partial charge in [0.05, 0.1) is 12.4 Å². The van der Waals surface area contributed by atoms with Crippen molar-refractivity contribution in [1.82, 2.24) is 9.29 Å². The van der Waals surface area contributed by atoms with E-state index in [2.05, 4.69) is 35.4 Å². The number of hydrogen-bond donors (Lipinski definition) is 2. The summed E-state index contributed by atoms with van der Waals surface area (Å²) < 4.78 is 25.9. The number of aliphatic hydroxyl groups is 1. The zero-order valence-corrected chi connectivity index (χ0v) is 16.9. The third kappa shape index (κ3) is 3.60. The molecule has 0 atom stereocenters. The number of hydrogen-bond acceptors (Lipinski definition) is 3. The largest absolute Gasteiger partial charge is 0.392 e. The monoisotopic (exact) mass is 398 g/mol. The number of sulfonamides is 1. The SMILES string of the molecule is CCS(=O)(=O)N1CCC(c2c[nH]c3ccc(-c4cccc(CO)c4)cc23)CC1. The number of H-pyrrole nitrogens is 1. The van der Waals surface area contributed by atoms with E-state index in [0.717, 1.165) is 35.0 Å². The molecule has 6 heteroatoms. The highest BCUT2D eigenvalue weighted by atomic mass is 32.2. The molecule has 2 aromatic carbocycles. The number of aromatic amines is 1. The van der Waals surface area contributed by atoms with Gasteiger partial charge in [-0.1, -0.05) is 24.3 Å². The topological polar surface area (TPSA) is 73.4 Å². The van der Waals surface area contributed by atoms with Crippen LogP contribution in [-0.2, 0) is 16.6 Å². The number of aliphatic hydroxyl groups excluding tert-OH is 1. The van der Waals surface area contributed by atoms with Crippen molar-refractivity contribution in [1.29, 1.82) is 0 Å². The number of aromatic nitrogens is 1. The zero-order valence-electron chi connectivity index (χ0n) is 16.1. The summed E-state index contributed by atoms with van der Waals surface area (Å²) in [5, 5.41) is 10.6. The van der Waals surface area contributed by atoms with E-state index in [4.69, 9.17) is 0 Å². The van der Waals surface area contributed by atoms with Crippen molar-refractivity contribution in [2.45, 2.75) is 32.3 Å². The van der Waals surface area contributed by atoms with Crippen LogP contribution in [0.3, 0.4) is 0 Å². The van der Waals surface area contributed by atoms with Crippen LogP contribution in [0.1, 0.15) is 36.8 Å². The van der Waals surface area contributed by atoms with E-state index in [9.17, 15) is 13.5 Å². The van der Waals surface area contributed by atoms with E-state index in [1.54, 1.807) is 11.2 Å². The highest BCUT2D eigenvalue weighted by Crippen LogP contribution is 2.35. The second-order valence-electron chi connectivity index (χ2n) is 7.44. The van der Waals surface area contributed by atoms with Crippen molar-refractivity contribution in [2.75, 3.05) is 18.8 Å². The average molecular weight is 399 g/mol. The van der Waals surface area contributed by atoms with E-state index < -0.39 is 10.0 Å². The molecule has 1 fully saturated rings. The molecule has 1 aliphatic heterocycles. The summed E-state index contributed by atoms with van der Waals surface area (Å²) in [5.41, 5.74) is 5.47. The Balaban J connectivity index is 1.62. The van der Waals surface area contributed by atoms with Gasteiger partial charge >= 0.3 is 0 Å². The van der Waals surface area contributed by atoms with Gasteiger partial charge in [0, 0.05) is 30.2 Å². The molecule has 1 aromatic heterocycles. The van der Waals surface area contributed by atoms with Gasteiger partial charge in [-0.3, -0.25) is 0 Å². The summed E-state index contributed by atoms with van der Waals surface area (Å²) in [4.78, 5) is 3.37. The Morgan fingerprint density at radius 2 is 1.86 bits per heavy atom. The number of fused-ring (bicyclic) bond motifs is 1. The molecule has 0 aliphatic carbocycles. The Labute approximate surface area is 166 Å². The Morgan fingerprint density at radius 3 is 2.57 bits per heavy atom. The first-order valence-electron chi connectivity index (χ1n) is 9.81. The summed E-state index contributed by atoms with van der Waals surface area (Å²) in [5.74, 6) is 0.525. The number of benzene rings is 2. The van der Waals surface area contributed by atoms with Gasteiger partial charge in [-0.25, -0.2) is 12.7 Å². The standard InChI is InChI=1S/C22H26N2O3S/c1-2-28(26,27)24-10-8-17(9-11-24)21-14-23-22-7-6-19(13-20(21)22)18-5-3-4-16(12-18)15-25/h3-7,12-14,17,23,25H,2,8-11,15H2,1H3. The predicted molar refractivity (Wildman–Crippen MR) is 113 cm³/mol. The summed E-state index contributed by atoms with van der Waals surface area (Å²) >= 11 is 0. The van der Waals surface area contributed by atoms with Crippen molar-refractivity contribution in [3.05, 3.63) is 59.8 Å². The van der Waals surface area contributed by atoms with E-state index in [1.807, 2.05) is 18.2 Å². The van der Waals surface area contributed by atoms with Gasteiger partial charge in [-0.05, 0) is 66.1 Å². The van der Waals surface area contributed by atoms with Gasteiger partial charge in [0.25, 0.3) is 0 Å². The minimum absolute atomic E-state index is 0.0325. The van der Waals surface area contributed by atoms with Crippen LogP contribution in [0.5, 0.6) is 0 Å². The fourth-order valence-corrected chi connectivity index (χ4v) is 5.27. The van der Waals surface area contributed by atoms with E-state index in [1.165, 1.54) is 10.9 Å². The lowest BCUT2D eigenvalue weighted by Crippen LogP contribution is -2.38. The molecule has 148 valence electrons. The summed E-state index contributed by atoms with van der Waals surface area (Å²) in [6, 6.07) is 14.3.